The first-order chi connectivity index (χ1) is 17.4. The van der Waals surface area contributed by atoms with Crippen molar-refractivity contribution in [3.8, 4) is 0 Å². The molecule has 1 N–H and O–H groups in total. The van der Waals surface area contributed by atoms with E-state index in [1.807, 2.05) is 6.92 Å². The molecule has 9 heteroatoms. The number of nitrogens with one attached hydrogen (secondary N) is 1. The lowest BCUT2D eigenvalue weighted by Gasteiger charge is -2.29. The predicted molar refractivity (Wildman–Crippen MR) is 130 cm³/mol. The Morgan fingerprint density at radius 2 is 1.50 bits per heavy atom. The van der Waals surface area contributed by atoms with E-state index in [1.165, 1.54) is 35.2 Å². The van der Waals surface area contributed by atoms with Gasteiger partial charge in [-0.2, -0.15) is 0 Å². The monoisotopic (exact) mass is 492 g/mol. The maximum Gasteiger partial charge on any atom is 0.338 e. The van der Waals surface area contributed by atoms with Crippen molar-refractivity contribution in [1.29, 1.82) is 0 Å². The summed E-state index contributed by atoms with van der Waals surface area (Å²) in [6.45, 7) is 1.68. The average Bonchev–Trinajstić information content (AvgIpc) is 3.15. The summed E-state index contributed by atoms with van der Waals surface area (Å²) < 4.78 is 10.2. The van der Waals surface area contributed by atoms with Crippen LogP contribution in [0.15, 0.2) is 42.5 Å². The van der Waals surface area contributed by atoms with Crippen molar-refractivity contribution in [2.75, 3.05) is 18.5 Å². The van der Waals surface area contributed by atoms with Crippen molar-refractivity contribution in [1.82, 2.24) is 4.90 Å². The van der Waals surface area contributed by atoms with Crippen LogP contribution in [0.1, 0.15) is 86.9 Å². The third-order valence-corrected chi connectivity index (χ3v) is 6.27. The van der Waals surface area contributed by atoms with Gasteiger partial charge in [0.15, 0.2) is 6.61 Å². The van der Waals surface area contributed by atoms with Crippen LogP contribution < -0.4 is 5.32 Å². The molecule has 4 rings (SSSR count). The van der Waals surface area contributed by atoms with Gasteiger partial charge in [-0.15, -0.1) is 0 Å². The lowest BCUT2D eigenvalue weighted by Crippen LogP contribution is -2.40. The molecule has 3 amide bonds. The van der Waals surface area contributed by atoms with Gasteiger partial charge in [0.2, 0.25) is 0 Å². The molecule has 9 nitrogen and oxygen atoms in total. The highest BCUT2D eigenvalue weighted by Gasteiger charge is 2.40. The molecule has 0 radical (unpaired) electrons. The van der Waals surface area contributed by atoms with Gasteiger partial charge in [0, 0.05) is 11.7 Å². The first kappa shape index (κ1) is 25.1. The number of nitrogens with zero attached hydrogens (tertiary/aromatic N) is 1. The van der Waals surface area contributed by atoms with Crippen LogP contribution >= 0.6 is 0 Å². The highest BCUT2D eigenvalue weighted by Crippen LogP contribution is 2.31. The van der Waals surface area contributed by atoms with E-state index in [0.717, 1.165) is 38.5 Å². The molecule has 0 spiro atoms. The molecule has 0 atom stereocenters. The van der Waals surface area contributed by atoms with E-state index in [2.05, 4.69) is 5.32 Å². The molecule has 2 aliphatic rings. The van der Waals surface area contributed by atoms with Crippen molar-refractivity contribution < 1.29 is 33.4 Å². The molecule has 0 bridgehead atoms. The van der Waals surface area contributed by atoms with E-state index in [-0.39, 0.29) is 28.6 Å². The lowest BCUT2D eigenvalue weighted by molar-refractivity contribution is -0.119. The number of ether oxygens (including phenoxy) is 2. The molecular formula is C27H28N2O7. The van der Waals surface area contributed by atoms with Crippen molar-refractivity contribution in [2.24, 2.45) is 0 Å². The van der Waals surface area contributed by atoms with E-state index >= 15 is 0 Å². The quantitative estimate of drug-likeness (QED) is 0.437. The summed E-state index contributed by atoms with van der Waals surface area (Å²) >= 11 is 0. The van der Waals surface area contributed by atoms with Crippen LogP contribution in [0.3, 0.4) is 0 Å². The Hall–Kier alpha value is -4.01. The highest BCUT2D eigenvalue weighted by atomic mass is 16.5. The largest absolute Gasteiger partial charge is 0.462 e. The lowest BCUT2D eigenvalue weighted by atomic mass is 9.94. The number of benzene rings is 2. The Morgan fingerprint density at radius 3 is 2.19 bits per heavy atom. The zero-order valence-corrected chi connectivity index (χ0v) is 20.1. The predicted octanol–water partition coefficient (Wildman–Crippen LogP) is 3.98. The number of hydrogen-bond acceptors (Lipinski definition) is 7. The fraction of sp³-hybridized carbons (Fsp3) is 0.370. The number of rotatable bonds is 8. The number of fused-ring (bicyclic) bond motifs is 1. The second-order valence-corrected chi connectivity index (χ2v) is 8.87. The molecule has 1 aliphatic carbocycles. The summed E-state index contributed by atoms with van der Waals surface area (Å²) in [5, 5.41) is 2.58. The second kappa shape index (κ2) is 11.2. The molecule has 2 aromatic rings. The minimum absolute atomic E-state index is 0.0862. The van der Waals surface area contributed by atoms with Gasteiger partial charge in [0.1, 0.15) is 0 Å². The number of carbonyl (C=O) groups is 5. The third kappa shape index (κ3) is 5.45. The molecule has 1 heterocycles. The molecule has 36 heavy (non-hydrogen) atoms. The van der Waals surface area contributed by atoms with Crippen LogP contribution in [0.4, 0.5) is 5.69 Å². The van der Waals surface area contributed by atoms with Gasteiger partial charge >= 0.3 is 11.9 Å². The first-order valence-corrected chi connectivity index (χ1v) is 12.1. The van der Waals surface area contributed by atoms with Crippen LogP contribution in [0.5, 0.6) is 0 Å². The summed E-state index contributed by atoms with van der Waals surface area (Å²) in [5.41, 5.74) is 1.33. The standard InChI is InChI=1S/C27H28N2O7/c1-2-14-35-26(33)17-8-11-19(12-9-17)28-23(30)16-36-27(34)18-10-13-21-22(15-18)25(32)29(24(21)31)20-6-4-3-5-7-20/h8-13,15,20H,2-7,14,16H2,1H3,(H,28,30). The van der Waals surface area contributed by atoms with Crippen molar-refractivity contribution in [3.05, 3.63) is 64.7 Å². The minimum atomic E-state index is -0.779. The molecule has 1 aliphatic heterocycles. The van der Waals surface area contributed by atoms with Crippen molar-refractivity contribution in [3.63, 3.8) is 0 Å². The Morgan fingerprint density at radius 1 is 0.861 bits per heavy atom. The van der Waals surface area contributed by atoms with Gasteiger partial charge in [-0.1, -0.05) is 26.2 Å². The SMILES string of the molecule is CCCOC(=O)c1ccc(NC(=O)COC(=O)c2ccc3c(c2)C(=O)N(C2CCCCC2)C3=O)cc1. The average molecular weight is 493 g/mol. The van der Waals surface area contributed by atoms with E-state index in [4.69, 9.17) is 9.47 Å². The van der Waals surface area contributed by atoms with Crippen molar-refractivity contribution >= 4 is 35.3 Å². The summed E-state index contributed by atoms with van der Waals surface area (Å²) in [5.74, 6) is -2.51. The zero-order valence-electron chi connectivity index (χ0n) is 20.1. The smallest absolute Gasteiger partial charge is 0.338 e. The molecule has 0 unspecified atom stereocenters. The second-order valence-electron chi connectivity index (χ2n) is 8.87. The van der Waals surface area contributed by atoms with Crippen LogP contribution in [-0.2, 0) is 14.3 Å². The van der Waals surface area contributed by atoms with Gasteiger partial charge in [0.05, 0.1) is 28.9 Å². The molecule has 0 saturated heterocycles. The number of esters is 2. The molecule has 1 saturated carbocycles. The van der Waals surface area contributed by atoms with Gasteiger partial charge in [0.25, 0.3) is 17.7 Å². The highest BCUT2D eigenvalue weighted by molar-refractivity contribution is 6.22. The Bertz CT molecular complexity index is 1180. The zero-order chi connectivity index (χ0) is 25.7. The van der Waals surface area contributed by atoms with Gasteiger partial charge in [-0.3, -0.25) is 19.3 Å². The van der Waals surface area contributed by atoms with E-state index in [1.54, 1.807) is 12.1 Å². The van der Waals surface area contributed by atoms with E-state index in [0.29, 0.717) is 17.9 Å². The normalized spacial score (nSPS) is 15.4. The van der Waals surface area contributed by atoms with Crippen LogP contribution in [-0.4, -0.2) is 53.8 Å². The van der Waals surface area contributed by atoms with Gasteiger partial charge in [-0.25, -0.2) is 9.59 Å². The minimum Gasteiger partial charge on any atom is -0.462 e. The number of hydrogen-bond donors (Lipinski definition) is 1. The number of anilines is 1. The number of amides is 3. The van der Waals surface area contributed by atoms with Crippen molar-refractivity contribution in [2.45, 2.75) is 51.5 Å². The van der Waals surface area contributed by atoms with Crippen LogP contribution in [0.2, 0.25) is 0 Å². The molecular weight excluding hydrogens is 464 g/mol. The Balaban J connectivity index is 1.32. The molecule has 1 fully saturated rings. The Labute approximate surface area is 208 Å². The summed E-state index contributed by atoms with van der Waals surface area (Å²) in [6, 6.07) is 10.3. The maximum atomic E-state index is 12.9. The topological polar surface area (TPSA) is 119 Å². The van der Waals surface area contributed by atoms with Crippen LogP contribution in [0, 0.1) is 0 Å². The van der Waals surface area contributed by atoms with Crippen LogP contribution in [0.25, 0.3) is 0 Å². The molecule has 2 aromatic carbocycles. The summed E-state index contributed by atoms with van der Waals surface area (Å²) in [6.07, 6.45) is 5.36. The molecule has 0 aromatic heterocycles. The fourth-order valence-electron chi connectivity index (χ4n) is 4.44. The van der Waals surface area contributed by atoms with Gasteiger partial charge in [-0.05, 0) is 61.7 Å². The number of imide groups is 1. The number of carbonyl (C=O) groups excluding carboxylic acids is 5. The summed E-state index contributed by atoms with van der Waals surface area (Å²) in [7, 11) is 0. The summed E-state index contributed by atoms with van der Waals surface area (Å²) in [4.78, 5) is 63.6. The maximum absolute atomic E-state index is 12.9. The van der Waals surface area contributed by atoms with Gasteiger partial charge < -0.3 is 14.8 Å². The first-order valence-electron chi connectivity index (χ1n) is 12.1. The third-order valence-electron chi connectivity index (χ3n) is 6.27. The molecule has 188 valence electrons. The Kier molecular flexibility index (Phi) is 7.77. The van der Waals surface area contributed by atoms with E-state index < -0.39 is 30.4 Å². The van der Waals surface area contributed by atoms with E-state index in [9.17, 15) is 24.0 Å². The fourth-order valence-corrected chi connectivity index (χ4v) is 4.44.